The van der Waals surface area contributed by atoms with Crippen molar-refractivity contribution in [3.8, 4) is 11.3 Å². The molecule has 4 aromatic rings. The summed E-state index contributed by atoms with van der Waals surface area (Å²) < 4.78 is 0. The van der Waals surface area contributed by atoms with Gasteiger partial charge in [-0.1, -0.05) is 66.7 Å². The van der Waals surface area contributed by atoms with Crippen molar-refractivity contribution in [1.82, 2.24) is 4.98 Å². The van der Waals surface area contributed by atoms with E-state index >= 15 is 0 Å². The van der Waals surface area contributed by atoms with E-state index < -0.39 is 0 Å². The molecule has 4 rings (SSSR count). The smallest absolute Gasteiger partial charge is 0.152 e. The highest BCUT2D eigenvalue weighted by Gasteiger charge is 2.13. The Morgan fingerprint density at radius 2 is 1.52 bits per heavy atom. The number of carbonyl (C=O) groups excluding carboxylic acids is 1. The molecule has 0 aliphatic heterocycles. The summed E-state index contributed by atoms with van der Waals surface area (Å²) in [6.45, 7) is 0. The van der Waals surface area contributed by atoms with E-state index in [9.17, 15) is 4.79 Å². The van der Waals surface area contributed by atoms with Crippen molar-refractivity contribution in [2.75, 3.05) is 0 Å². The number of benzene rings is 3. The van der Waals surface area contributed by atoms with Gasteiger partial charge in [-0.2, -0.15) is 0 Å². The van der Waals surface area contributed by atoms with E-state index in [-0.39, 0.29) is 0 Å². The maximum absolute atomic E-state index is 11.6. The van der Waals surface area contributed by atoms with Gasteiger partial charge in [0, 0.05) is 16.3 Å². The Balaban J connectivity index is 2.13. The van der Waals surface area contributed by atoms with Crippen LogP contribution in [0.2, 0.25) is 0 Å². The van der Waals surface area contributed by atoms with E-state index in [0.29, 0.717) is 0 Å². The molecule has 0 radical (unpaired) electrons. The lowest BCUT2D eigenvalue weighted by Crippen LogP contribution is -1.83. The van der Waals surface area contributed by atoms with Crippen LogP contribution in [0.4, 0.5) is 0 Å². The molecule has 0 spiro atoms. The quantitative estimate of drug-likeness (QED) is 0.522. The van der Waals surface area contributed by atoms with Crippen molar-refractivity contribution in [2.24, 2.45) is 0 Å². The molecule has 1 heterocycles. The number of hydrogen-bond acceptors (Lipinski definition) is 1. The Morgan fingerprint density at radius 1 is 0.762 bits per heavy atom. The van der Waals surface area contributed by atoms with E-state index in [0.717, 1.165) is 39.4 Å². The van der Waals surface area contributed by atoms with Crippen molar-refractivity contribution in [3.63, 3.8) is 0 Å². The van der Waals surface area contributed by atoms with Crippen LogP contribution in [0, 0.1) is 0 Å². The SMILES string of the molecule is O=Cc1c(-c2ccccc2)[nH]c2c1ccc1ccccc12. The molecule has 3 aromatic carbocycles. The molecule has 2 heteroatoms. The van der Waals surface area contributed by atoms with Crippen molar-refractivity contribution in [2.45, 2.75) is 0 Å². The topological polar surface area (TPSA) is 32.9 Å². The number of carbonyl (C=O) groups is 1. The summed E-state index contributed by atoms with van der Waals surface area (Å²) in [5.41, 5.74) is 3.66. The van der Waals surface area contributed by atoms with E-state index in [1.54, 1.807) is 0 Å². The number of aromatic amines is 1. The largest absolute Gasteiger partial charge is 0.353 e. The van der Waals surface area contributed by atoms with Gasteiger partial charge in [0.2, 0.25) is 0 Å². The van der Waals surface area contributed by atoms with Crippen LogP contribution in [-0.2, 0) is 0 Å². The maximum atomic E-state index is 11.6. The molecule has 0 unspecified atom stereocenters. The normalized spacial score (nSPS) is 11.0. The van der Waals surface area contributed by atoms with Gasteiger partial charge in [-0.3, -0.25) is 4.79 Å². The zero-order valence-corrected chi connectivity index (χ0v) is 11.3. The Bertz CT molecular complexity index is 951. The molecular formula is C19H13NO. The van der Waals surface area contributed by atoms with Gasteiger partial charge in [-0.15, -0.1) is 0 Å². The standard InChI is InChI=1S/C19H13NO/c21-12-17-16-11-10-13-6-4-5-9-15(13)19(16)20-18(17)14-7-2-1-3-8-14/h1-12,20H. The van der Waals surface area contributed by atoms with Gasteiger partial charge in [0.25, 0.3) is 0 Å². The zero-order chi connectivity index (χ0) is 14.2. The first kappa shape index (κ1) is 11.9. The molecule has 0 fully saturated rings. The Hall–Kier alpha value is -2.87. The second kappa shape index (κ2) is 4.60. The molecule has 0 aliphatic rings. The predicted molar refractivity (Wildman–Crippen MR) is 86.6 cm³/mol. The van der Waals surface area contributed by atoms with Crippen molar-refractivity contribution in [1.29, 1.82) is 0 Å². The van der Waals surface area contributed by atoms with E-state index in [2.05, 4.69) is 23.2 Å². The molecule has 0 amide bonds. The summed E-state index contributed by atoms with van der Waals surface area (Å²) in [6.07, 6.45) is 0.940. The molecule has 0 saturated heterocycles. The predicted octanol–water partition coefficient (Wildman–Crippen LogP) is 4.80. The van der Waals surface area contributed by atoms with Crippen LogP contribution in [0.25, 0.3) is 32.9 Å². The van der Waals surface area contributed by atoms with Crippen molar-refractivity contribution >= 4 is 28.0 Å². The Labute approximate surface area is 122 Å². The van der Waals surface area contributed by atoms with E-state index in [1.807, 2.05) is 48.5 Å². The molecule has 1 aromatic heterocycles. The van der Waals surface area contributed by atoms with Crippen LogP contribution in [-0.4, -0.2) is 11.3 Å². The fraction of sp³-hybridized carbons (Fsp3) is 0. The summed E-state index contributed by atoms with van der Waals surface area (Å²) in [6, 6.07) is 22.2. The summed E-state index contributed by atoms with van der Waals surface area (Å²) in [5, 5.41) is 3.28. The first-order valence-electron chi connectivity index (χ1n) is 6.92. The zero-order valence-electron chi connectivity index (χ0n) is 11.3. The lowest BCUT2D eigenvalue weighted by atomic mass is 10.0. The molecule has 0 saturated carbocycles. The second-order valence-electron chi connectivity index (χ2n) is 5.11. The lowest BCUT2D eigenvalue weighted by Gasteiger charge is -1.98. The third-order valence-electron chi connectivity index (χ3n) is 3.92. The minimum absolute atomic E-state index is 0.724. The number of rotatable bonds is 2. The summed E-state index contributed by atoms with van der Waals surface area (Å²) >= 11 is 0. The number of aromatic nitrogens is 1. The highest BCUT2D eigenvalue weighted by Crippen LogP contribution is 2.33. The highest BCUT2D eigenvalue weighted by atomic mass is 16.1. The van der Waals surface area contributed by atoms with Crippen LogP contribution in [0.3, 0.4) is 0 Å². The number of H-pyrrole nitrogens is 1. The second-order valence-corrected chi connectivity index (χ2v) is 5.11. The molecular weight excluding hydrogens is 258 g/mol. The minimum Gasteiger partial charge on any atom is -0.353 e. The molecule has 2 nitrogen and oxygen atoms in total. The van der Waals surface area contributed by atoms with Crippen molar-refractivity contribution < 1.29 is 4.79 Å². The molecule has 21 heavy (non-hydrogen) atoms. The summed E-state index contributed by atoms with van der Waals surface area (Å²) in [7, 11) is 0. The van der Waals surface area contributed by atoms with E-state index in [4.69, 9.17) is 0 Å². The van der Waals surface area contributed by atoms with Gasteiger partial charge in [0.15, 0.2) is 6.29 Å². The lowest BCUT2D eigenvalue weighted by molar-refractivity contribution is 0.112. The van der Waals surface area contributed by atoms with Crippen LogP contribution >= 0.6 is 0 Å². The summed E-state index contributed by atoms with van der Waals surface area (Å²) in [4.78, 5) is 15.0. The molecule has 0 aliphatic carbocycles. The monoisotopic (exact) mass is 271 g/mol. The van der Waals surface area contributed by atoms with Gasteiger partial charge in [-0.25, -0.2) is 0 Å². The van der Waals surface area contributed by atoms with Gasteiger partial charge in [0.05, 0.1) is 11.2 Å². The highest BCUT2D eigenvalue weighted by molar-refractivity contribution is 6.14. The first-order valence-corrected chi connectivity index (χ1v) is 6.92. The molecule has 100 valence electrons. The maximum Gasteiger partial charge on any atom is 0.152 e. The Morgan fingerprint density at radius 3 is 2.33 bits per heavy atom. The minimum atomic E-state index is 0.724. The van der Waals surface area contributed by atoms with Crippen molar-refractivity contribution in [3.05, 3.63) is 72.3 Å². The number of aldehydes is 1. The van der Waals surface area contributed by atoms with Gasteiger partial charge in [0.1, 0.15) is 0 Å². The average molecular weight is 271 g/mol. The molecule has 1 N–H and O–H groups in total. The van der Waals surface area contributed by atoms with Crippen LogP contribution < -0.4 is 0 Å². The molecule has 0 bridgehead atoms. The van der Waals surface area contributed by atoms with Gasteiger partial charge in [-0.05, 0) is 10.9 Å². The summed E-state index contributed by atoms with van der Waals surface area (Å²) in [5.74, 6) is 0. The fourth-order valence-electron chi connectivity index (χ4n) is 2.91. The van der Waals surface area contributed by atoms with Crippen LogP contribution in [0.1, 0.15) is 10.4 Å². The Kier molecular flexibility index (Phi) is 2.61. The third kappa shape index (κ3) is 1.77. The van der Waals surface area contributed by atoms with Gasteiger partial charge >= 0.3 is 0 Å². The number of fused-ring (bicyclic) bond motifs is 3. The average Bonchev–Trinajstić information content (AvgIpc) is 2.94. The third-order valence-corrected chi connectivity index (χ3v) is 3.92. The van der Waals surface area contributed by atoms with E-state index in [1.165, 1.54) is 5.39 Å². The fourth-order valence-corrected chi connectivity index (χ4v) is 2.91. The molecule has 0 atom stereocenters. The number of hydrogen-bond donors (Lipinski definition) is 1. The van der Waals surface area contributed by atoms with Crippen LogP contribution in [0.15, 0.2) is 66.7 Å². The number of nitrogens with one attached hydrogen (secondary N) is 1. The first-order chi connectivity index (χ1) is 10.4. The van der Waals surface area contributed by atoms with Crippen LogP contribution in [0.5, 0.6) is 0 Å². The van der Waals surface area contributed by atoms with Gasteiger partial charge < -0.3 is 4.98 Å².